The number of benzene rings is 2. The second-order valence-corrected chi connectivity index (χ2v) is 7.38. The van der Waals surface area contributed by atoms with Crippen LogP contribution in [-0.2, 0) is 16.3 Å². The molecule has 2 heterocycles. The monoisotopic (exact) mass is 413 g/mol. The van der Waals surface area contributed by atoms with Gasteiger partial charge in [0.1, 0.15) is 23.1 Å². The molecule has 2 aromatic carbocycles. The lowest BCUT2D eigenvalue weighted by atomic mass is 10.2. The Labute approximate surface area is 172 Å². The van der Waals surface area contributed by atoms with Gasteiger partial charge in [-0.1, -0.05) is 0 Å². The second kappa shape index (κ2) is 8.57. The third kappa shape index (κ3) is 4.37. The minimum Gasteiger partial charge on any atom is -0.494 e. The Morgan fingerprint density at radius 3 is 2.48 bits per heavy atom. The molecule has 0 saturated carbocycles. The van der Waals surface area contributed by atoms with Gasteiger partial charge in [0.2, 0.25) is 0 Å². The molecule has 6 nitrogen and oxygen atoms in total. The van der Waals surface area contributed by atoms with Crippen molar-refractivity contribution >= 4 is 23.5 Å². The maximum atomic E-state index is 13.3. The van der Waals surface area contributed by atoms with Crippen LogP contribution in [0.25, 0.3) is 5.69 Å². The number of carbonyl (C=O) groups is 1. The van der Waals surface area contributed by atoms with Crippen molar-refractivity contribution < 1.29 is 18.7 Å². The highest BCUT2D eigenvalue weighted by atomic mass is 32.2. The van der Waals surface area contributed by atoms with Gasteiger partial charge in [-0.15, -0.1) is 0 Å². The summed E-state index contributed by atoms with van der Waals surface area (Å²) in [4.78, 5) is 12.5. The van der Waals surface area contributed by atoms with Crippen LogP contribution in [0.2, 0.25) is 0 Å². The van der Waals surface area contributed by atoms with E-state index in [2.05, 4.69) is 10.4 Å². The summed E-state index contributed by atoms with van der Waals surface area (Å²) < 4.78 is 25.9. The number of nitrogens with zero attached hydrogens (tertiary/aromatic N) is 2. The van der Waals surface area contributed by atoms with Gasteiger partial charge < -0.3 is 14.8 Å². The number of fused-ring (bicyclic) bond motifs is 1. The van der Waals surface area contributed by atoms with Crippen LogP contribution in [0.1, 0.15) is 18.2 Å². The molecule has 8 heteroatoms. The molecule has 1 aliphatic rings. The first-order chi connectivity index (χ1) is 14.1. The predicted octanol–water partition coefficient (Wildman–Crippen LogP) is 4.17. The molecule has 1 N–H and O–H groups in total. The molecule has 150 valence electrons. The van der Waals surface area contributed by atoms with Crippen molar-refractivity contribution in [2.75, 3.05) is 18.5 Å². The van der Waals surface area contributed by atoms with Crippen molar-refractivity contribution in [1.82, 2.24) is 9.78 Å². The molecule has 29 heavy (non-hydrogen) atoms. The minimum atomic E-state index is -0.321. The van der Waals surface area contributed by atoms with Crippen molar-refractivity contribution in [1.29, 1.82) is 0 Å². The number of hydrogen-bond donors (Lipinski definition) is 1. The number of carbonyl (C=O) groups excluding carboxylic acids is 1. The van der Waals surface area contributed by atoms with Crippen LogP contribution in [0.3, 0.4) is 0 Å². The van der Waals surface area contributed by atoms with Crippen molar-refractivity contribution in [3.8, 4) is 17.2 Å². The number of amides is 1. The maximum absolute atomic E-state index is 13.3. The minimum absolute atomic E-state index is 0.134. The fourth-order valence-corrected chi connectivity index (χ4v) is 4.06. The molecule has 0 fully saturated rings. The zero-order chi connectivity index (χ0) is 20.2. The molecule has 0 unspecified atom stereocenters. The molecular formula is C21H20FN3O3S. The Morgan fingerprint density at radius 2 is 1.79 bits per heavy atom. The fraction of sp³-hybridized carbons (Fsp3) is 0.238. The van der Waals surface area contributed by atoms with Crippen LogP contribution in [0, 0.1) is 5.82 Å². The molecule has 1 aliphatic heterocycles. The van der Waals surface area contributed by atoms with Crippen LogP contribution >= 0.6 is 11.8 Å². The van der Waals surface area contributed by atoms with E-state index in [1.165, 1.54) is 12.1 Å². The Hall–Kier alpha value is -3.00. The van der Waals surface area contributed by atoms with E-state index in [-0.39, 0.29) is 18.3 Å². The second-order valence-electron chi connectivity index (χ2n) is 6.40. The molecule has 0 atom stereocenters. The van der Waals surface area contributed by atoms with Gasteiger partial charge >= 0.3 is 0 Å². The quantitative estimate of drug-likeness (QED) is 0.630. The predicted molar refractivity (Wildman–Crippen MR) is 110 cm³/mol. The van der Waals surface area contributed by atoms with Gasteiger partial charge in [0.15, 0.2) is 6.61 Å². The van der Waals surface area contributed by atoms with Crippen molar-refractivity contribution in [2.24, 2.45) is 0 Å². The SMILES string of the molecule is CCOc1ccc(OCC(=O)Nc2c3c(nn2-c2ccc(F)cc2)CSC3)cc1. The molecule has 0 saturated heterocycles. The Morgan fingerprint density at radius 1 is 1.10 bits per heavy atom. The summed E-state index contributed by atoms with van der Waals surface area (Å²) in [6.45, 7) is 2.37. The first-order valence-corrected chi connectivity index (χ1v) is 10.4. The molecule has 1 amide bonds. The van der Waals surface area contributed by atoms with Crippen molar-refractivity contribution in [2.45, 2.75) is 18.4 Å². The zero-order valence-electron chi connectivity index (χ0n) is 15.9. The third-order valence-electron chi connectivity index (χ3n) is 4.39. The standard InChI is InChI=1S/C21H20FN3O3S/c1-2-27-16-7-9-17(10-8-16)28-11-20(26)23-21-18-12-29-13-19(18)24-25(21)15-5-3-14(22)4-6-15/h3-10H,2,11-13H2,1H3,(H,23,26). The maximum Gasteiger partial charge on any atom is 0.263 e. The molecule has 0 bridgehead atoms. The lowest BCUT2D eigenvalue weighted by Crippen LogP contribution is -2.22. The van der Waals surface area contributed by atoms with Crippen LogP contribution < -0.4 is 14.8 Å². The number of nitrogens with one attached hydrogen (secondary N) is 1. The summed E-state index contributed by atoms with van der Waals surface area (Å²) in [7, 11) is 0. The van der Waals surface area contributed by atoms with Gasteiger partial charge in [0, 0.05) is 17.1 Å². The number of halogens is 1. The molecule has 3 aromatic rings. The summed E-state index contributed by atoms with van der Waals surface area (Å²) >= 11 is 1.74. The Bertz CT molecular complexity index is 1000. The van der Waals surface area contributed by atoms with Crippen LogP contribution in [0.15, 0.2) is 48.5 Å². The molecule has 1 aromatic heterocycles. The zero-order valence-corrected chi connectivity index (χ0v) is 16.7. The fourth-order valence-electron chi connectivity index (χ4n) is 3.03. The van der Waals surface area contributed by atoms with E-state index in [1.54, 1.807) is 52.8 Å². The number of thioether (sulfide) groups is 1. The molecule has 4 rings (SSSR count). The van der Waals surface area contributed by atoms with Gasteiger partial charge in [-0.3, -0.25) is 4.79 Å². The van der Waals surface area contributed by atoms with E-state index in [9.17, 15) is 9.18 Å². The topological polar surface area (TPSA) is 65.4 Å². The number of anilines is 1. The first kappa shape index (κ1) is 19.3. The average Bonchev–Trinajstić information content (AvgIpc) is 3.31. The van der Waals surface area contributed by atoms with E-state index in [4.69, 9.17) is 9.47 Å². The third-order valence-corrected chi connectivity index (χ3v) is 5.36. The molecule has 0 spiro atoms. The van der Waals surface area contributed by atoms with Crippen LogP contribution in [0.4, 0.5) is 10.2 Å². The molecule has 0 radical (unpaired) electrons. The summed E-state index contributed by atoms with van der Waals surface area (Å²) in [6, 6.07) is 13.1. The van der Waals surface area contributed by atoms with Crippen molar-refractivity contribution in [3.63, 3.8) is 0 Å². The molecule has 0 aliphatic carbocycles. The van der Waals surface area contributed by atoms with Gasteiger partial charge in [0.25, 0.3) is 5.91 Å². The van der Waals surface area contributed by atoms with E-state index in [0.717, 1.165) is 28.5 Å². The molecular weight excluding hydrogens is 393 g/mol. The van der Waals surface area contributed by atoms with Crippen LogP contribution in [0.5, 0.6) is 11.5 Å². The highest BCUT2D eigenvalue weighted by Crippen LogP contribution is 2.36. The largest absolute Gasteiger partial charge is 0.494 e. The Kier molecular flexibility index (Phi) is 5.71. The highest BCUT2D eigenvalue weighted by Gasteiger charge is 2.24. The van der Waals surface area contributed by atoms with E-state index < -0.39 is 0 Å². The summed E-state index contributed by atoms with van der Waals surface area (Å²) in [5, 5.41) is 7.50. The average molecular weight is 413 g/mol. The highest BCUT2D eigenvalue weighted by molar-refractivity contribution is 7.98. The van der Waals surface area contributed by atoms with Gasteiger partial charge in [-0.25, -0.2) is 9.07 Å². The smallest absolute Gasteiger partial charge is 0.263 e. The number of aromatic nitrogens is 2. The van der Waals surface area contributed by atoms with Gasteiger partial charge in [0.05, 0.1) is 18.0 Å². The van der Waals surface area contributed by atoms with Crippen LogP contribution in [-0.4, -0.2) is 28.9 Å². The number of rotatable bonds is 7. The van der Waals surface area contributed by atoms with Gasteiger partial charge in [-0.2, -0.15) is 16.9 Å². The normalized spacial score (nSPS) is 12.5. The van der Waals surface area contributed by atoms with E-state index >= 15 is 0 Å². The number of ether oxygens (including phenoxy) is 2. The lowest BCUT2D eigenvalue weighted by Gasteiger charge is -2.12. The Balaban J connectivity index is 1.47. The lowest BCUT2D eigenvalue weighted by molar-refractivity contribution is -0.118. The summed E-state index contributed by atoms with van der Waals surface area (Å²) in [5.74, 6) is 2.88. The van der Waals surface area contributed by atoms with E-state index in [0.29, 0.717) is 23.9 Å². The van der Waals surface area contributed by atoms with Gasteiger partial charge in [-0.05, 0) is 55.5 Å². The first-order valence-electron chi connectivity index (χ1n) is 9.24. The number of hydrogen-bond acceptors (Lipinski definition) is 5. The summed E-state index contributed by atoms with van der Waals surface area (Å²) in [6.07, 6.45) is 0. The summed E-state index contributed by atoms with van der Waals surface area (Å²) in [5.41, 5.74) is 2.62. The van der Waals surface area contributed by atoms with E-state index in [1.807, 2.05) is 6.92 Å². The van der Waals surface area contributed by atoms with Crippen molar-refractivity contribution in [3.05, 3.63) is 65.6 Å².